The summed E-state index contributed by atoms with van der Waals surface area (Å²) in [6, 6.07) is 12.8. The lowest BCUT2D eigenvalue weighted by molar-refractivity contribution is 0.312. The standard InChI is InChI=1S/C18H20BrN3S/c19-15-5-7-16(8-6-15)21-18(23)22(17-3-1-2-4-17)13-14-9-11-20-12-10-14/h5-12,17H,1-4,13H2,(H,21,23). The molecule has 3 rings (SSSR count). The number of aromatic nitrogens is 1. The van der Waals surface area contributed by atoms with Crippen LogP contribution in [-0.2, 0) is 6.54 Å². The van der Waals surface area contributed by atoms with E-state index in [-0.39, 0.29) is 0 Å². The molecule has 1 aliphatic carbocycles. The Balaban J connectivity index is 1.73. The number of nitrogens with zero attached hydrogens (tertiary/aromatic N) is 2. The summed E-state index contributed by atoms with van der Waals surface area (Å²) in [6.45, 7) is 0.829. The van der Waals surface area contributed by atoms with Gasteiger partial charge in [0.2, 0.25) is 0 Å². The molecule has 0 saturated heterocycles. The van der Waals surface area contributed by atoms with E-state index in [4.69, 9.17) is 12.2 Å². The van der Waals surface area contributed by atoms with Gasteiger partial charge in [0.25, 0.3) is 0 Å². The van der Waals surface area contributed by atoms with Crippen LogP contribution in [0.2, 0.25) is 0 Å². The first kappa shape index (κ1) is 16.4. The molecule has 3 nitrogen and oxygen atoms in total. The molecule has 1 aromatic carbocycles. The number of hydrogen-bond acceptors (Lipinski definition) is 2. The number of thiocarbonyl (C=S) groups is 1. The molecule has 1 aromatic heterocycles. The van der Waals surface area contributed by atoms with Crippen molar-refractivity contribution in [1.82, 2.24) is 9.88 Å². The molecule has 1 fully saturated rings. The third-order valence-electron chi connectivity index (χ3n) is 4.22. The van der Waals surface area contributed by atoms with Gasteiger partial charge >= 0.3 is 0 Å². The maximum absolute atomic E-state index is 5.71. The number of hydrogen-bond donors (Lipinski definition) is 1. The topological polar surface area (TPSA) is 28.2 Å². The van der Waals surface area contributed by atoms with Gasteiger partial charge in [-0.05, 0) is 67.0 Å². The number of rotatable bonds is 4. The van der Waals surface area contributed by atoms with Gasteiger partial charge in [-0.25, -0.2) is 0 Å². The monoisotopic (exact) mass is 389 g/mol. The van der Waals surface area contributed by atoms with Crippen molar-refractivity contribution in [2.75, 3.05) is 5.32 Å². The maximum atomic E-state index is 5.71. The highest BCUT2D eigenvalue weighted by Crippen LogP contribution is 2.26. The summed E-state index contributed by atoms with van der Waals surface area (Å²) in [4.78, 5) is 6.43. The minimum absolute atomic E-state index is 0.526. The lowest BCUT2D eigenvalue weighted by Gasteiger charge is -2.32. The first-order chi connectivity index (χ1) is 11.2. The summed E-state index contributed by atoms with van der Waals surface area (Å²) in [6.07, 6.45) is 8.69. The third-order valence-corrected chi connectivity index (χ3v) is 5.09. The fourth-order valence-electron chi connectivity index (χ4n) is 3.00. The average molecular weight is 390 g/mol. The van der Waals surface area contributed by atoms with E-state index in [0.717, 1.165) is 21.8 Å². The lowest BCUT2D eigenvalue weighted by Crippen LogP contribution is -2.40. The normalized spacial score (nSPS) is 14.7. The van der Waals surface area contributed by atoms with Crippen molar-refractivity contribution >= 4 is 38.9 Å². The molecule has 0 radical (unpaired) electrons. The number of benzene rings is 1. The summed E-state index contributed by atoms with van der Waals surface area (Å²) in [5, 5.41) is 4.19. The Bertz CT molecular complexity index is 639. The zero-order chi connectivity index (χ0) is 16.1. The Morgan fingerprint density at radius 1 is 1.13 bits per heavy atom. The third kappa shape index (κ3) is 4.52. The van der Waals surface area contributed by atoms with E-state index in [0.29, 0.717) is 6.04 Å². The van der Waals surface area contributed by atoms with Crippen LogP contribution >= 0.6 is 28.1 Å². The molecule has 1 N–H and O–H groups in total. The first-order valence-electron chi connectivity index (χ1n) is 7.94. The fraction of sp³-hybridized carbons (Fsp3) is 0.333. The molecule has 1 saturated carbocycles. The number of halogens is 1. The predicted molar refractivity (Wildman–Crippen MR) is 102 cm³/mol. The number of anilines is 1. The molecule has 1 aliphatic rings. The molecule has 0 amide bonds. The molecule has 0 spiro atoms. The minimum Gasteiger partial charge on any atom is -0.342 e. The van der Waals surface area contributed by atoms with Crippen LogP contribution in [0.5, 0.6) is 0 Å². The Labute approximate surface area is 151 Å². The average Bonchev–Trinajstić information content (AvgIpc) is 3.10. The van der Waals surface area contributed by atoms with Gasteiger partial charge in [-0.15, -0.1) is 0 Å². The zero-order valence-corrected chi connectivity index (χ0v) is 15.3. The highest BCUT2D eigenvalue weighted by atomic mass is 79.9. The maximum Gasteiger partial charge on any atom is 0.173 e. The van der Waals surface area contributed by atoms with Crippen molar-refractivity contribution in [3.63, 3.8) is 0 Å². The van der Waals surface area contributed by atoms with Crippen molar-refractivity contribution in [3.05, 3.63) is 58.8 Å². The van der Waals surface area contributed by atoms with Crippen LogP contribution < -0.4 is 5.32 Å². The van der Waals surface area contributed by atoms with Crippen LogP contribution in [0.4, 0.5) is 5.69 Å². The van der Waals surface area contributed by atoms with E-state index >= 15 is 0 Å². The first-order valence-corrected chi connectivity index (χ1v) is 9.14. The molecule has 0 bridgehead atoms. The van der Waals surface area contributed by atoms with Crippen LogP contribution in [0.25, 0.3) is 0 Å². The summed E-state index contributed by atoms with van der Waals surface area (Å²) in [5.74, 6) is 0. The second kappa shape index (κ2) is 7.88. The molecular formula is C18H20BrN3S. The number of pyridine rings is 1. The summed E-state index contributed by atoms with van der Waals surface area (Å²) < 4.78 is 1.07. The minimum atomic E-state index is 0.526. The highest BCUT2D eigenvalue weighted by Gasteiger charge is 2.24. The molecule has 1 heterocycles. The summed E-state index contributed by atoms with van der Waals surface area (Å²) in [5.41, 5.74) is 2.27. The second-order valence-electron chi connectivity index (χ2n) is 5.86. The second-order valence-corrected chi connectivity index (χ2v) is 7.16. The van der Waals surface area contributed by atoms with Gasteiger partial charge in [0.15, 0.2) is 5.11 Å². The zero-order valence-electron chi connectivity index (χ0n) is 12.9. The molecule has 120 valence electrons. The highest BCUT2D eigenvalue weighted by molar-refractivity contribution is 9.10. The number of nitrogens with one attached hydrogen (secondary N) is 1. The molecule has 0 unspecified atom stereocenters. The van der Waals surface area contributed by atoms with E-state index in [1.165, 1.54) is 31.2 Å². The van der Waals surface area contributed by atoms with Crippen molar-refractivity contribution in [1.29, 1.82) is 0 Å². The van der Waals surface area contributed by atoms with Gasteiger partial charge in [0, 0.05) is 35.1 Å². The van der Waals surface area contributed by atoms with Crippen LogP contribution in [0.15, 0.2) is 53.3 Å². The largest absolute Gasteiger partial charge is 0.342 e. The summed E-state index contributed by atoms with van der Waals surface area (Å²) >= 11 is 9.18. The molecule has 5 heteroatoms. The van der Waals surface area contributed by atoms with Crippen LogP contribution in [0, 0.1) is 0 Å². The molecule has 2 aromatic rings. The van der Waals surface area contributed by atoms with E-state index < -0.39 is 0 Å². The predicted octanol–water partition coefficient (Wildman–Crippen LogP) is 4.99. The lowest BCUT2D eigenvalue weighted by atomic mass is 10.2. The van der Waals surface area contributed by atoms with E-state index in [9.17, 15) is 0 Å². The van der Waals surface area contributed by atoms with E-state index in [1.807, 2.05) is 36.7 Å². The molecular weight excluding hydrogens is 370 g/mol. The Morgan fingerprint density at radius 2 is 1.78 bits per heavy atom. The smallest absolute Gasteiger partial charge is 0.173 e. The van der Waals surface area contributed by atoms with Crippen LogP contribution in [-0.4, -0.2) is 21.0 Å². The van der Waals surface area contributed by atoms with Gasteiger partial charge in [-0.2, -0.15) is 0 Å². The van der Waals surface area contributed by atoms with Crippen molar-refractivity contribution in [2.45, 2.75) is 38.3 Å². The Hall–Kier alpha value is -1.46. The van der Waals surface area contributed by atoms with Gasteiger partial charge < -0.3 is 10.2 Å². The van der Waals surface area contributed by atoms with Gasteiger partial charge in [0.05, 0.1) is 0 Å². The van der Waals surface area contributed by atoms with Gasteiger partial charge in [-0.3, -0.25) is 4.98 Å². The van der Waals surface area contributed by atoms with E-state index in [2.05, 4.69) is 43.3 Å². The molecule has 0 atom stereocenters. The Kier molecular flexibility index (Phi) is 5.62. The quantitative estimate of drug-likeness (QED) is 0.745. The van der Waals surface area contributed by atoms with Crippen LogP contribution in [0.1, 0.15) is 31.2 Å². The van der Waals surface area contributed by atoms with Gasteiger partial charge in [0.1, 0.15) is 0 Å². The summed E-state index contributed by atoms with van der Waals surface area (Å²) in [7, 11) is 0. The van der Waals surface area contributed by atoms with E-state index in [1.54, 1.807) is 0 Å². The molecule has 0 aliphatic heterocycles. The van der Waals surface area contributed by atoms with Crippen LogP contribution in [0.3, 0.4) is 0 Å². The SMILES string of the molecule is S=C(Nc1ccc(Br)cc1)N(Cc1ccncc1)C1CCCC1. The van der Waals surface area contributed by atoms with Crippen molar-refractivity contribution in [3.8, 4) is 0 Å². The fourth-order valence-corrected chi connectivity index (χ4v) is 3.59. The van der Waals surface area contributed by atoms with Crippen molar-refractivity contribution < 1.29 is 0 Å². The Morgan fingerprint density at radius 3 is 2.43 bits per heavy atom. The van der Waals surface area contributed by atoms with Gasteiger partial charge in [-0.1, -0.05) is 28.8 Å². The van der Waals surface area contributed by atoms with Crippen molar-refractivity contribution in [2.24, 2.45) is 0 Å². The molecule has 23 heavy (non-hydrogen) atoms.